The highest BCUT2D eigenvalue weighted by molar-refractivity contribution is 6.17. The normalized spacial score (nSPS) is 11.3. The molecule has 0 saturated carbocycles. The molecule has 0 spiro atoms. The second kappa shape index (κ2) is 15.6. The second-order valence-corrected chi connectivity index (χ2v) is 15.6. The average Bonchev–Trinajstić information content (AvgIpc) is 3.35. The summed E-state index contributed by atoms with van der Waals surface area (Å²) in [5.41, 5.74) is 15.1. The summed E-state index contributed by atoms with van der Waals surface area (Å²) in [6.07, 6.45) is 0. The maximum Gasteiger partial charge on any atom is 0.0546 e. The van der Waals surface area contributed by atoms with Gasteiger partial charge in [-0.3, -0.25) is 0 Å². The van der Waals surface area contributed by atoms with Crippen LogP contribution in [0.5, 0.6) is 0 Å². The van der Waals surface area contributed by atoms with Gasteiger partial charge in [-0.05, 0) is 113 Å². The van der Waals surface area contributed by atoms with E-state index in [0.717, 1.165) is 28.2 Å². The largest absolute Gasteiger partial charge is 0.309 e. The predicted octanol–water partition coefficient (Wildman–Crippen LogP) is 17.0. The summed E-state index contributed by atoms with van der Waals surface area (Å²) in [5, 5.41) is 7.39. The Kier molecular flexibility index (Phi) is 9.26. The van der Waals surface area contributed by atoms with Crippen LogP contribution in [0.15, 0.2) is 249 Å². The van der Waals surface area contributed by atoms with Gasteiger partial charge >= 0.3 is 0 Å². The van der Waals surface area contributed by atoms with Crippen LogP contribution in [0.4, 0.5) is 17.1 Å². The van der Waals surface area contributed by atoms with Gasteiger partial charge in [-0.2, -0.15) is 0 Å². The van der Waals surface area contributed by atoms with Gasteiger partial charge in [-0.1, -0.05) is 212 Å². The summed E-state index contributed by atoms with van der Waals surface area (Å²) >= 11 is 0. The summed E-state index contributed by atoms with van der Waals surface area (Å²) in [5.74, 6) is 0. The quantitative estimate of drug-likeness (QED) is 0.139. The van der Waals surface area contributed by atoms with Crippen molar-refractivity contribution >= 4 is 49.4 Å². The van der Waals surface area contributed by atoms with E-state index in [4.69, 9.17) is 0 Å². The van der Waals surface area contributed by atoms with Gasteiger partial charge < -0.3 is 4.90 Å². The van der Waals surface area contributed by atoms with Gasteiger partial charge in [-0.25, -0.2) is 0 Å². The van der Waals surface area contributed by atoms with E-state index < -0.39 is 0 Å². The monoisotopic (exact) mass is 775 g/mol. The molecule has 61 heavy (non-hydrogen) atoms. The van der Waals surface area contributed by atoms with E-state index in [9.17, 15) is 0 Å². The van der Waals surface area contributed by atoms with Crippen LogP contribution in [-0.4, -0.2) is 0 Å². The lowest BCUT2D eigenvalue weighted by atomic mass is 9.86. The summed E-state index contributed by atoms with van der Waals surface area (Å²) in [7, 11) is 0. The number of benzene rings is 11. The first-order valence-electron chi connectivity index (χ1n) is 21.0. The lowest BCUT2D eigenvalue weighted by Gasteiger charge is -2.32. The van der Waals surface area contributed by atoms with Crippen molar-refractivity contribution in [1.29, 1.82) is 0 Å². The molecule has 286 valence electrons. The van der Waals surface area contributed by atoms with E-state index in [1.165, 1.54) is 76.8 Å². The zero-order valence-corrected chi connectivity index (χ0v) is 33.6. The fourth-order valence-electron chi connectivity index (χ4n) is 9.19. The lowest BCUT2D eigenvalue weighted by molar-refractivity contribution is 1.28. The van der Waals surface area contributed by atoms with E-state index in [1.807, 2.05) is 0 Å². The Morgan fingerprint density at radius 1 is 0.230 bits per heavy atom. The molecule has 0 radical (unpaired) electrons. The SMILES string of the molecule is c1ccc(-c2ccc(N(c3ccc(-c4ccccc4)cc3-c3ccccc3)c3cccc(-c4cc5ccccc5c5ccccc45)c3-c3cccc4ccccc34)cc2)cc1. The van der Waals surface area contributed by atoms with E-state index in [1.54, 1.807) is 0 Å². The smallest absolute Gasteiger partial charge is 0.0546 e. The molecule has 0 heterocycles. The first-order chi connectivity index (χ1) is 30.3. The third-order valence-electron chi connectivity index (χ3n) is 12.1. The lowest BCUT2D eigenvalue weighted by Crippen LogP contribution is -2.13. The number of anilines is 3. The van der Waals surface area contributed by atoms with Gasteiger partial charge in [0.05, 0.1) is 11.4 Å². The molecule has 11 aromatic rings. The van der Waals surface area contributed by atoms with Crippen molar-refractivity contribution in [3.05, 3.63) is 249 Å². The van der Waals surface area contributed by atoms with Crippen LogP contribution in [0.3, 0.4) is 0 Å². The van der Waals surface area contributed by atoms with Crippen LogP contribution in [0.25, 0.3) is 88.0 Å². The highest BCUT2D eigenvalue weighted by Crippen LogP contribution is 2.51. The van der Waals surface area contributed by atoms with Crippen molar-refractivity contribution in [3.8, 4) is 55.6 Å². The van der Waals surface area contributed by atoms with Gasteiger partial charge in [0.2, 0.25) is 0 Å². The number of hydrogen-bond donors (Lipinski definition) is 0. The first kappa shape index (κ1) is 36.1. The molecule has 0 amide bonds. The fraction of sp³-hybridized carbons (Fsp3) is 0. The van der Waals surface area contributed by atoms with Gasteiger partial charge in [0.15, 0.2) is 0 Å². The minimum atomic E-state index is 1.08. The van der Waals surface area contributed by atoms with E-state index in [0.29, 0.717) is 0 Å². The molecule has 0 aliphatic heterocycles. The summed E-state index contributed by atoms with van der Waals surface area (Å²) in [4.78, 5) is 2.50. The Bertz CT molecular complexity index is 3330. The molecule has 0 fully saturated rings. The molecular formula is C60H41N. The third-order valence-corrected chi connectivity index (χ3v) is 12.1. The van der Waals surface area contributed by atoms with Crippen molar-refractivity contribution in [2.45, 2.75) is 0 Å². The molecule has 0 saturated heterocycles. The van der Waals surface area contributed by atoms with Crippen LogP contribution >= 0.6 is 0 Å². The van der Waals surface area contributed by atoms with E-state index >= 15 is 0 Å². The van der Waals surface area contributed by atoms with E-state index in [-0.39, 0.29) is 0 Å². The molecule has 0 aliphatic rings. The fourth-order valence-corrected chi connectivity index (χ4v) is 9.19. The third kappa shape index (κ3) is 6.63. The average molecular weight is 776 g/mol. The molecule has 11 rings (SSSR count). The highest BCUT2D eigenvalue weighted by atomic mass is 15.1. The summed E-state index contributed by atoms with van der Waals surface area (Å²) in [6, 6.07) is 90.7. The topological polar surface area (TPSA) is 3.24 Å². The first-order valence-corrected chi connectivity index (χ1v) is 21.0. The maximum absolute atomic E-state index is 2.50. The van der Waals surface area contributed by atoms with Gasteiger partial charge in [0.25, 0.3) is 0 Å². The number of nitrogens with zero attached hydrogens (tertiary/aromatic N) is 1. The van der Waals surface area contributed by atoms with Crippen LogP contribution < -0.4 is 4.90 Å². The molecule has 0 atom stereocenters. The zero-order chi connectivity index (χ0) is 40.5. The Morgan fingerprint density at radius 2 is 0.738 bits per heavy atom. The summed E-state index contributed by atoms with van der Waals surface area (Å²) in [6.45, 7) is 0. The van der Waals surface area contributed by atoms with Crippen molar-refractivity contribution in [3.63, 3.8) is 0 Å². The number of hydrogen-bond acceptors (Lipinski definition) is 1. The minimum Gasteiger partial charge on any atom is -0.309 e. The number of fused-ring (bicyclic) bond motifs is 4. The summed E-state index contributed by atoms with van der Waals surface area (Å²) < 4.78 is 0. The molecule has 1 heteroatoms. The molecule has 0 unspecified atom stereocenters. The van der Waals surface area contributed by atoms with Crippen molar-refractivity contribution in [1.82, 2.24) is 0 Å². The molecule has 0 aromatic heterocycles. The van der Waals surface area contributed by atoms with Crippen LogP contribution in [0.1, 0.15) is 0 Å². The van der Waals surface area contributed by atoms with Crippen molar-refractivity contribution in [2.75, 3.05) is 4.90 Å². The predicted molar refractivity (Wildman–Crippen MR) is 261 cm³/mol. The zero-order valence-electron chi connectivity index (χ0n) is 33.6. The molecule has 1 nitrogen and oxygen atoms in total. The maximum atomic E-state index is 2.50. The number of rotatable bonds is 8. The Hall–Kier alpha value is -8.00. The Balaban J connectivity index is 1.25. The molecule has 0 N–H and O–H groups in total. The molecule has 11 aromatic carbocycles. The highest BCUT2D eigenvalue weighted by Gasteiger charge is 2.25. The van der Waals surface area contributed by atoms with Crippen LogP contribution in [-0.2, 0) is 0 Å². The van der Waals surface area contributed by atoms with Crippen molar-refractivity contribution in [2.24, 2.45) is 0 Å². The molecular weight excluding hydrogens is 735 g/mol. The minimum absolute atomic E-state index is 1.08. The standard InChI is InChI=1S/C60H41N/c1-4-18-42(19-5-1)44-34-37-49(38-35-44)61(58-39-36-47(43-20-6-2-7-21-43)40-56(58)46-22-8-3-9-23-46)59-33-17-32-55(60(59)54-31-16-26-45-24-10-12-27-50(45)54)57-41-48-25-11-13-28-51(48)52-29-14-15-30-53(52)57/h1-41H. The van der Waals surface area contributed by atoms with Gasteiger partial charge in [0, 0.05) is 16.8 Å². The molecule has 0 aliphatic carbocycles. The van der Waals surface area contributed by atoms with Crippen LogP contribution in [0.2, 0.25) is 0 Å². The second-order valence-electron chi connectivity index (χ2n) is 15.6. The van der Waals surface area contributed by atoms with Crippen LogP contribution in [0, 0.1) is 0 Å². The van der Waals surface area contributed by atoms with Gasteiger partial charge in [-0.15, -0.1) is 0 Å². The van der Waals surface area contributed by atoms with Gasteiger partial charge in [0.1, 0.15) is 0 Å². The van der Waals surface area contributed by atoms with E-state index in [2.05, 4.69) is 254 Å². The Morgan fingerprint density at radius 3 is 1.46 bits per heavy atom. The van der Waals surface area contributed by atoms with Crippen molar-refractivity contribution < 1.29 is 0 Å². The Labute approximate surface area is 357 Å². The molecule has 0 bridgehead atoms.